The quantitative estimate of drug-likeness (QED) is 0.611. The Morgan fingerprint density at radius 1 is 1.04 bits per heavy atom. The number of allylic oxidation sites excluding steroid dienone is 1. The van der Waals surface area contributed by atoms with E-state index >= 15 is 0 Å². The maximum atomic E-state index is 12.3. The fourth-order valence-electron chi connectivity index (χ4n) is 2.46. The normalized spacial score (nSPS) is 10.7. The fourth-order valence-corrected chi connectivity index (χ4v) is 2.46. The molecule has 0 aliphatic carbocycles. The van der Waals surface area contributed by atoms with Crippen molar-refractivity contribution in [3.8, 4) is 23.0 Å². The third-order valence-corrected chi connectivity index (χ3v) is 3.85. The molecule has 0 heterocycles. The summed E-state index contributed by atoms with van der Waals surface area (Å²) in [5, 5.41) is 10.0. The molecule has 0 fully saturated rings. The van der Waals surface area contributed by atoms with Gasteiger partial charge in [0.05, 0.1) is 26.9 Å². The molecule has 2 aromatic carbocycles. The Morgan fingerprint density at radius 2 is 1.68 bits per heavy atom. The molecule has 0 saturated heterocycles. The van der Waals surface area contributed by atoms with Gasteiger partial charge in [0.15, 0.2) is 17.3 Å². The Hall–Kier alpha value is -2.95. The minimum Gasteiger partial charge on any atom is -0.507 e. The minimum absolute atomic E-state index is 0.0149. The van der Waals surface area contributed by atoms with Crippen LogP contribution in [0.4, 0.5) is 0 Å². The van der Waals surface area contributed by atoms with E-state index in [0.29, 0.717) is 22.8 Å². The summed E-state index contributed by atoms with van der Waals surface area (Å²) in [4.78, 5) is 12.3. The number of carbonyl (C=O) groups is 1. The number of aromatic hydroxyl groups is 1. The number of hydrogen-bond donors (Lipinski definition) is 1. The van der Waals surface area contributed by atoms with Crippen LogP contribution >= 0.6 is 0 Å². The average molecular weight is 342 g/mol. The number of aryl methyl sites for hydroxylation is 1. The van der Waals surface area contributed by atoms with Crippen molar-refractivity contribution in [2.75, 3.05) is 21.3 Å². The molecule has 0 aliphatic rings. The number of phenols is 1. The summed E-state index contributed by atoms with van der Waals surface area (Å²) >= 11 is 0. The monoisotopic (exact) mass is 342 g/mol. The molecule has 0 aromatic heterocycles. The lowest BCUT2D eigenvalue weighted by Gasteiger charge is -2.12. The van der Waals surface area contributed by atoms with Crippen LogP contribution in [0.1, 0.15) is 28.4 Å². The number of benzene rings is 2. The van der Waals surface area contributed by atoms with Gasteiger partial charge in [-0.3, -0.25) is 4.79 Å². The molecule has 2 aromatic rings. The third kappa shape index (κ3) is 4.12. The number of rotatable bonds is 7. The van der Waals surface area contributed by atoms with Gasteiger partial charge in [0.1, 0.15) is 5.75 Å². The van der Waals surface area contributed by atoms with Crippen molar-refractivity contribution in [2.45, 2.75) is 13.3 Å². The maximum Gasteiger partial charge on any atom is 0.203 e. The summed E-state index contributed by atoms with van der Waals surface area (Å²) in [6.07, 6.45) is 3.84. The number of phenolic OH excluding ortho intramolecular Hbond substituents is 1. The van der Waals surface area contributed by atoms with Gasteiger partial charge in [-0.05, 0) is 47.9 Å². The summed E-state index contributed by atoms with van der Waals surface area (Å²) in [7, 11) is 4.59. The first-order valence-electron chi connectivity index (χ1n) is 7.88. The van der Waals surface area contributed by atoms with E-state index in [4.69, 9.17) is 14.2 Å². The first-order valence-corrected chi connectivity index (χ1v) is 7.88. The molecule has 0 saturated carbocycles. The Bertz CT molecular complexity index is 768. The summed E-state index contributed by atoms with van der Waals surface area (Å²) in [5.41, 5.74) is 1.95. The van der Waals surface area contributed by atoms with Gasteiger partial charge in [-0.2, -0.15) is 0 Å². The molecule has 132 valence electrons. The van der Waals surface area contributed by atoms with E-state index in [1.807, 2.05) is 13.0 Å². The van der Waals surface area contributed by atoms with Crippen molar-refractivity contribution in [1.29, 1.82) is 0 Å². The largest absolute Gasteiger partial charge is 0.507 e. The highest BCUT2D eigenvalue weighted by Gasteiger charge is 2.13. The van der Waals surface area contributed by atoms with Crippen LogP contribution in [0.15, 0.2) is 36.4 Å². The Balaban J connectivity index is 2.31. The molecular weight excluding hydrogens is 320 g/mol. The van der Waals surface area contributed by atoms with Crippen molar-refractivity contribution in [3.05, 3.63) is 53.1 Å². The average Bonchev–Trinajstić information content (AvgIpc) is 2.64. The second kappa shape index (κ2) is 8.24. The Labute approximate surface area is 147 Å². The van der Waals surface area contributed by atoms with Gasteiger partial charge in [0.2, 0.25) is 5.75 Å². The van der Waals surface area contributed by atoms with Crippen LogP contribution in [0.2, 0.25) is 0 Å². The summed E-state index contributed by atoms with van der Waals surface area (Å²) in [5.74, 6) is 1.20. The van der Waals surface area contributed by atoms with E-state index in [2.05, 4.69) is 0 Å². The zero-order chi connectivity index (χ0) is 18.4. The van der Waals surface area contributed by atoms with Crippen LogP contribution in [0, 0.1) is 0 Å². The standard InChI is InChI=1S/C20H22O5/c1-5-13-6-8-15(17(22)10-13)16(21)9-7-14-11-18(23-2)20(25-4)19(12-14)24-3/h6-12,22H,5H2,1-4H3/b9-7+. The van der Waals surface area contributed by atoms with E-state index in [-0.39, 0.29) is 17.1 Å². The zero-order valence-corrected chi connectivity index (χ0v) is 14.8. The SMILES string of the molecule is CCc1ccc(C(=O)/C=C/c2cc(OC)c(OC)c(OC)c2)c(O)c1. The molecular formula is C20H22O5. The van der Waals surface area contributed by atoms with E-state index < -0.39 is 0 Å². The molecule has 1 N–H and O–H groups in total. The van der Waals surface area contributed by atoms with Gasteiger partial charge in [-0.15, -0.1) is 0 Å². The Kier molecular flexibility index (Phi) is 6.06. The smallest absolute Gasteiger partial charge is 0.203 e. The molecule has 2 rings (SSSR count). The van der Waals surface area contributed by atoms with Gasteiger partial charge in [-0.25, -0.2) is 0 Å². The second-order valence-electron chi connectivity index (χ2n) is 5.36. The summed E-state index contributed by atoms with van der Waals surface area (Å²) < 4.78 is 15.9. The lowest BCUT2D eigenvalue weighted by molar-refractivity contribution is 0.104. The van der Waals surface area contributed by atoms with E-state index in [9.17, 15) is 9.90 Å². The lowest BCUT2D eigenvalue weighted by Crippen LogP contribution is -1.97. The van der Waals surface area contributed by atoms with Gasteiger partial charge >= 0.3 is 0 Å². The van der Waals surface area contributed by atoms with Crippen LogP contribution in [0.25, 0.3) is 6.08 Å². The molecule has 0 amide bonds. The van der Waals surface area contributed by atoms with Crippen LogP contribution in [0.5, 0.6) is 23.0 Å². The number of carbonyl (C=O) groups excluding carboxylic acids is 1. The van der Waals surface area contributed by atoms with Gasteiger partial charge in [0, 0.05) is 0 Å². The number of ether oxygens (including phenoxy) is 3. The van der Waals surface area contributed by atoms with Crippen molar-refractivity contribution in [1.82, 2.24) is 0 Å². The molecule has 0 aliphatic heterocycles. The Morgan fingerprint density at radius 3 is 2.16 bits per heavy atom. The molecule has 25 heavy (non-hydrogen) atoms. The van der Waals surface area contributed by atoms with Crippen LogP contribution in [-0.4, -0.2) is 32.2 Å². The first kappa shape index (κ1) is 18.4. The second-order valence-corrected chi connectivity index (χ2v) is 5.36. The maximum absolute atomic E-state index is 12.3. The highest BCUT2D eigenvalue weighted by molar-refractivity contribution is 6.08. The highest BCUT2D eigenvalue weighted by Crippen LogP contribution is 2.38. The molecule has 0 bridgehead atoms. The number of methoxy groups -OCH3 is 3. The van der Waals surface area contributed by atoms with E-state index in [0.717, 1.165) is 12.0 Å². The highest BCUT2D eigenvalue weighted by atomic mass is 16.5. The molecule has 0 radical (unpaired) electrons. The summed E-state index contributed by atoms with van der Waals surface area (Å²) in [6.45, 7) is 1.99. The molecule has 0 unspecified atom stereocenters. The van der Waals surface area contributed by atoms with Gasteiger partial charge < -0.3 is 19.3 Å². The van der Waals surface area contributed by atoms with Crippen molar-refractivity contribution >= 4 is 11.9 Å². The minimum atomic E-state index is -0.283. The van der Waals surface area contributed by atoms with Crippen LogP contribution < -0.4 is 14.2 Å². The van der Waals surface area contributed by atoms with Crippen molar-refractivity contribution in [3.63, 3.8) is 0 Å². The third-order valence-electron chi connectivity index (χ3n) is 3.85. The van der Waals surface area contributed by atoms with Crippen molar-refractivity contribution < 1.29 is 24.1 Å². The van der Waals surface area contributed by atoms with Gasteiger partial charge in [0.25, 0.3) is 0 Å². The van der Waals surface area contributed by atoms with Crippen molar-refractivity contribution in [2.24, 2.45) is 0 Å². The summed E-state index contributed by atoms with van der Waals surface area (Å²) in [6, 6.07) is 8.56. The number of hydrogen-bond acceptors (Lipinski definition) is 5. The predicted molar refractivity (Wildman–Crippen MR) is 96.9 cm³/mol. The molecule has 5 nitrogen and oxygen atoms in total. The fraction of sp³-hybridized carbons (Fsp3) is 0.250. The predicted octanol–water partition coefficient (Wildman–Crippen LogP) is 3.88. The van der Waals surface area contributed by atoms with E-state index in [1.165, 1.54) is 27.4 Å². The van der Waals surface area contributed by atoms with Crippen LogP contribution in [0.3, 0.4) is 0 Å². The first-order chi connectivity index (χ1) is 12.0. The lowest BCUT2D eigenvalue weighted by atomic mass is 10.0. The topological polar surface area (TPSA) is 65.0 Å². The zero-order valence-electron chi connectivity index (χ0n) is 14.8. The molecule has 0 spiro atoms. The molecule has 0 atom stereocenters. The van der Waals surface area contributed by atoms with Crippen LogP contribution in [-0.2, 0) is 6.42 Å². The van der Waals surface area contributed by atoms with Gasteiger partial charge in [-0.1, -0.05) is 19.1 Å². The number of ketones is 1. The molecule has 5 heteroatoms. The van der Waals surface area contributed by atoms with E-state index in [1.54, 1.807) is 30.3 Å².